The van der Waals surface area contributed by atoms with Crippen LogP contribution in [0.15, 0.2) is 70.2 Å². The van der Waals surface area contributed by atoms with Crippen molar-refractivity contribution in [3.63, 3.8) is 0 Å². The maximum atomic E-state index is 13.0. The molecule has 3 rings (SSSR count). The standard InChI is InChI=1S/C21H20BrN3O3S/c1-14-6-7-15(2)19(11-14)25-29(27,28)20-12-16(8-9-18(20)22)21(26)24-13-17-5-3-4-10-23-17/h3-12,25H,13H2,1-2H3,(H,24,26). The van der Waals surface area contributed by atoms with Crippen LogP contribution in [0.4, 0.5) is 5.69 Å². The van der Waals surface area contributed by atoms with Crippen molar-refractivity contribution in [1.82, 2.24) is 10.3 Å². The molecule has 0 aliphatic heterocycles. The van der Waals surface area contributed by atoms with Gasteiger partial charge in [-0.1, -0.05) is 18.2 Å². The molecular weight excluding hydrogens is 454 g/mol. The topological polar surface area (TPSA) is 88.2 Å². The number of anilines is 1. The number of hydrogen-bond donors (Lipinski definition) is 2. The van der Waals surface area contributed by atoms with Crippen LogP contribution < -0.4 is 10.0 Å². The van der Waals surface area contributed by atoms with E-state index in [4.69, 9.17) is 0 Å². The van der Waals surface area contributed by atoms with Crippen molar-refractivity contribution < 1.29 is 13.2 Å². The fourth-order valence-electron chi connectivity index (χ4n) is 2.67. The lowest BCUT2D eigenvalue weighted by atomic mass is 10.1. The van der Waals surface area contributed by atoms with Crippen molar-refractivity contribution in [1.29, 1.82) is 0 Å². The van der Waals surface area contributed by atoms with Gasteiger partial charge < -0.3 is 5.32 Å². The van der Waals surface area contributed by atoms with E-state index in [2.05, 4.69) is 31.0 Å². The van der Waals surface area contributed by atoms with Gasteiger partial charge in [-0.15, -0.1) is 0 Å². The number of benzene rings is 2. The molecule has 2 aromatic carbocycles. The van der Waals surface area contributed by atoms with Crippen LogP contribution in [0.25, 0.3) is 0 Å². The third-order valence-electron chi connectivity index (χ3n) is 4.28. The first-order valence-corrected chi connectivity index (χ1v) is 11.1. The highest BCUT2D eigenvalue weighted by atomic mass is 79.9. The number of aryl methyl sites for hydroxylation is 2. The Morgan fingerprint density at radius 3 is 2.59 bits per heavy atom. The lowest BCUT2D eigenvalue weighted by Gasteiger charge is -2.13. The Labute approximate surface area is 178 Å². The molecule has 1 aromatic heterocycles. The second kappa shape index (κ2) is 8.75. The van der Waals surface area contributed by atoms with Gasteiger partial charge in [0, 0.05) is 16.2 Å². The zero-order valence-corrected chi connectivity index (χ0v) is 18.3. The number of aromatic nitrogens is 1. The highest BCUT2D eigenvalue weighted by Gasteiger charge is 2.21. The number of sulfonamides is 1. The summed E-state index contributed by atoms with van der Waals surface area (Å²) < 4.78 is 28.9. The van der Waals surface area contributed by atoms with Gasteiger partial charge in [-0.3, -0.25) is 14.5 Å². The van der Waals surface area contributed by atoms with E-state index in [1.807, 2.05) is 32.0 Å². The molecule has 3 aromatic rings. The Kier molecular flexibility index (Phi) is 6.34. The van der Waals surface area contributed by atoms with Crippen LogP contribution in [0.3, 0.4) is 0 Å². The number of rotatable bonds is 6. The molecule has 0 aliphatic carbocycles. The van der Waals surface area contributed by atoms with E-state index in [9.17, 15) is 13.2 Å². The molecule has 150 valence electrons. The van der Waals surface area contributed by atoms with Crippen molar-refractivity contribution in [2.45, 2.75) is 25.3 Å². The molecule has 0 bridgehead atoms. The molecule has 0 atom stereocenters. The van der Waals surface area contributed by atoms with Crippen molar-refractivity contribution >= 4 is 37.5 Å². The minimum atomic E-state index is -3.90. The van der Waals surface area contributed by atoms with Crippen LogP contribution in [0.2, 0.25) is 0 Å². The second-order valence-corrected chi connectivity index (χ2v) is 9.08. The molecule has 29 heavy (non-hydrogen) atoms. The van der Waals surface area contributed by atoms with Crippen LogP contribution in [0.1, 0.15) is 27.2 Å². The van der Waals surface area contributed by atoms with E-state index in [1.54, 1.807) is 36.5 Å². The Morgan fingerprint density at radius 1 is 1.07 bits per heavy atom. The second-order valence-electron chi connectivity index (χ2n) is 6.57. The van der Waals surface area contributed by atoms with Crippen molar-refractivity contribution in [3.8, 4) is 0 Å². The summed E-state index contributed by atoms with van der Waals surface area (Å²) in [4.78, 5) is 16.6. The summed E-state index contributed by atoms with van der Waals surface area (Å²) in [6.45, 7) is 3.96. The highest BCUT2D eigenvalue weighted by Crippen LogP contribution is 2.27. The molecule has 6 nitrogen and oxygen atoms in total. The molecular formula is C21H20BrN3O3S. The number of nitrogens with zero attached hydrogens (tertiary/aromatic N) is 1. The molecule has 0 saturated carbocycles. The average molecular weight is 474 g/mol. The van der Waals surface area contributed by atoms with Gasteiger partial charge in [0.1, 0.15) is 4.90 Å². The maximum Gasteiger partial charge on any atom is 0.263 e. The van der Waals surface area contributed by atoms with E-state index < -0.39 is 10.0 Å². The fraction of sp³-hybridized carbons (Fsp3) is 0.143. The van der Waals surface area contributed by atoms with Crippen molar-refractivity contribution in [2.24, 2.45) is 0 Å². The molecule has 1 heterocycles. The molecule has 2 N–H and O–H groups in total. The monoisotopic (exact) mass is 473 g/mol. The third-order valence-corrected chi connectivity index (χ3v) is 6.64. The third kappa shape index (κ3) is 5.21. The van der Waals surface area contributed by atoms with Crippen LogP contribution >= 0.6 is 15.9 Å². The number of carbonyl (C=O) groups is 1. The average Bonchev–Trinajstić information content (AvgIpc) is 2.69. The number of hydrogen-bond acceptors (Lipinski definition) is 4. The number of nitrogens with one attached hydrogen (secondary N) is 2. The molecule has 0 saturated heterocycles. The zero-order chi connectivity index (χ0) is 21.0. The van der Waals surface area contributed by atoms with Gasteiger partial charge >= 0.3 is 0 Å². The summed E-state index contributed by atoms with van der Waals surface area (Å²) in [7, 11) is -3.90. The molecule has 8 heteroatoms. The molecule has 0 unspecified atom stereocenters. The Morgan fingerprint density at radius 2 is 1.86 bits per heavy atom. The predicted octanol–water partition coefficient (Wildman–Crippen LogP) is 4.19. The first-order chi connectivity index (χ1) is 13.8. The first-order valence-electron chi connectivity index (χ1n) is 8.84. The minimum Gasteiger partial charge on any atom is -0.346 e. The molecule has 0 spiro atoms. The van der Waals surface area contributed by atoms with Crippen molar-refractivity contribution in [3.05, 3.63) is 87.7 Å². The van der Waals surface area contributed by atoms with Gasteiger partial charge in [-0.2, -0.15) is 0 Å². The Balaban J connectivity index is 1.84. The molecule has 1 amide bonds. The van der Waals surface area contributed by atoms with Gasteiger partial charge in [-0.25, -0.2) is 8.42 Å². The summed E-state index contributed by atoms with van der Waals surface area (Å²) >= 11 is 3.28. The van der Waals surface area contributed by atoms with Crippen molar-refractivity contribution in [2.75, 3.05) is 4.72 Å². The molecule has 0 aliphatic rings. The molecule has 0 radical (unpaired) electrons. The summed E-state index contributed by atoms with van der Waals surface area (Å²) in [5.74, 6) is -0.383. The van der Waals surface area contributed by atoms with E-state index in [-0.39, 0.29) is 22.9 Å². The highest BCUT2D eigenvalue weighted by molar-refractivity contribution is 9.10. The minimum absolute atomic E-state index is 0.0103. The zero-order valence-electron chi connectivity index (χ0n) is 15.9. The number of pyridine rings is 1. The summed E-state index contributed by atoms with van der Waals surface area (Å²) in [6.07, 6.45) is 1.64. The van der Waals surface area contributed by atoms with Crippen LogP contribution in [-0.4, -0.2) is 19.3 Å². The van der Waals surface area contributed by atoms with Crippen LogP contribution in [-0.2, 0) is 16.6 Å². The fourth-order valence-corrected chi connectivity index (χ4v) is 4.78. The summed E-state index contributed by atoms with van der Waals surface area (Å²) in [5, 5.41) is 2.75. The van der Waals surface area contributed by atoms with Gasteiger partial charge in [0.2, 0.25) is 0 Å². The smallest absolute Gasteiger partial charge is 0.263 e. The number of amides is 1. The van der Waals surface area contributed by atoms with E-state index in [0.29, 0.717) is 15.9 Å². The van der Waals surface area contributed by atoms with Crippen LogP contribution in [0, 0.1) is 13.8 Å². The van der Waals surface area contributed by atoms with E-state index >= 15 is 0 Å². The summed E-state index contributed by atoms with van der Waals surface area (Å²) in [6, 6.07) is 15.4. The van der Waals surface area contributed by atoms with Gasteiger partial charge in [0.05, 0.1) is 17.9 Å². The lowest BCUT2D eigenvalue weighted by Crippen LogP contribution is -2.24. The quantitative estimate of drug-likeness (QED) is 0.561. The summed E-state index contributed by atoms with van der Waals surface area (Å²) in [5.41, 5.74) is 3.20. The van der Waals surface area contributed by atoms with Gasteiger partial charge in [0.25, 0.3) is 15.9 Å². The maximum absolute atomic E-state index is 13.0. The predicted molar refractivity (Wildman–Crippen MR) is 116 cm³/mol. The largest absolute Gasteiger partial charge is 0.346 e. The van der Waals surface area contributed by atoms with Crippen LogP contribution in [0.5, 0.6) is 0 Å². The molecule has 0 fully saturated rings. The number of halogens is 1. The number of carbonyl (C=O) groups excluding carboxylic acids is 1. The lowest BCUT2D eigenvalue weighted by molar-refractivity contribution is 0.0950. The Bertz CT molecular complexity index is 1150. The normalized spacial score (nSPS) is 11.1. The first kappa shape index (κ1) is 21.0. The van der Waals surface area contributed by atoms with Gasteiger partial charge in [0.15, 0.2) is 0 Å². The van der Waals surface area contributed by atoms with E-state index in [1.165, 1.54) is 6.07 Å². The Hall–Kier alpha value is -2.71. The van der Waals surface area contributed by atoms with Gasteiger partial charge in [-0.05, 0) is 77.3 Å². The SMILES string of the molecule is Cc1ccc(C)c(NS(=O)(=O)c2cc(C(=O)NCc3ccccn3)ccc2Br)c1. The van der Waals surface area contributed by atoms with E-state index in [0.717, 1.165) is 11.1 Å².